The van der Waals surface area contributed by atoms with E-state index in [0.29, 0.717) is 17.3 Å². The third-order valence-corrected chi connectivity index (χ3v) is 5.07. The van der Waals surface area contributed by atoms with Crippen LogP contribution < -0.4 is 21.3 Å². The van der Waals surface area contributed by atoms with Crippen molar-refractivity contribution in [3.63, 3.8) is 0 Å². The van der Waals surface area contributed by atoms with E-state index in [1.54, 1.807) is 18.0 Å². The van der Waals surface area contributed by atoms with Crippen LogP contribution in [0.15, 0.2) is 46.7 Å². The van der Waals surface area contributed by atoms with Crippen LogP contribution in [-0.2, 0) is 6.42 Å². The summed E-state index contributed by atoms with van der Waals surface area (Å²) < 4.78 is 0. The van der Waals surface area contributed by atoms with Crippen LogP contribution in [0.2, 0.25) is 0 Å². The van der Waals surface area contributed by atoms with Crippen molar-refractivity contribution in [2.45, 2.75) is 19.8 Å². The van der Waals surface area contributed by atoms with Gasteiger partial charge in [0.1, 0.15) is 10.8 Å². The molecular weight excluding hydrogens is 358 g/mol. The van der Waals surface area contributed by atoms with E-state index in [1.165, 1.54) is 5.70 Å². The minimum atomic E-state index is 0.570. The molecule has 27 heavy (non-hydrogen) atoms. The van der Waals surface area contributed by atoms with E-state index in [0.717, 1.165) is 35.8 Å². The number of aromatic nitrogens is 3. The summed E-state index contributed by atoms with van der Waals surface area (Å²) in [6.07, 6.45) is 5.41. The highest BCUT2D eigenvalue weighted by Gasteiger charge is 2.14. The molecule has 0 unspecified atom stereocenters. The van der Waals surface area contributed by atoms with E-state index in [2.05, 4.69) is 44.0 Å². The molecular formula is C19H25N7S. The quantitative estimate of drug-likeness (QED) is 0.672. The molecule has 2 aromatic rings. The summed E-state index contributed by atoms with van der Waals surface area (Å²) in [6.45, 7) is 2.83. The highest BCUT2D eigenvalue weighted by molar-refractivity contribution is 8.06. The Morgan fingerprint density at radius 2 is 2.11 bits per heavy atom. The minimum absolute atomic E-state index is 0.570. The molecule has 142 valence electrons. The third-order valence-electron chi connectivity index (χ3n) is 4.11. The van der Waals surface area contributed by atoms with Crippen LogP contribution >= 0.6 is 11.8 Å². The van der Waals surface area contributed by atoms with Crippen LogP contribution in [0.1, 0.15) is 24.6 Å². The third kappa shape index (κ3) is 4.91. The van der Waals surface area contributed by atoms with Crippen molar-refractivity contribution >= 4 is 29.2 Å². The fraction of sp³-hybridized carbons (Fsp3) is 0.316. The van der Waals surface area contributed by atoms with Crippen molar-refractivity contribution in [1.82, 2.24) is 20.3 Å². The first-order valence-electron chi connectivity index (χ1n) is 8.89. The summed E-state index contributed by atoms with van der Waals surface area (Å²) in [6, 6.07) is 5.93. The first kappa shape index (κ1) is 19.0. The lowest BCUT2D eigenvalue weighted by Gasteiger charge is -2.11. The highest BCUT2D eigenvalue weighted by atomic mass is 32.2. The summed E-state index contributed by atoms with van der Waals surface area (Å²) in [5.74, 6) is 1.52. The van der Waals surface area contributed by atoms with Gasteiger partial charge < -0.3 is 21.3 Å². The van der Waals surface area contributed by atoms with Crippen molar-refractivity contribution in [1.29, 1.82) is 0 Å². The number of hydrogen-bond donors (Lipinski definition) is 3. The van der Waals surface area contributed by atoms with Gasteiger partial charge in [-0.3, -0.25) is 0 Å². The summed E-state index contributed by atoms with van der Waals surface area (Å²) in [7, 11) is 3.96. The number of nitrogens with one attached hydrogen (secondary N) is 2. The van der Waals surface area contributed by atoms with Gasteiger partial charge in [0.15, 0.2) is 0 Å². The van der Waals surface area contributed by atoms with Crippen molar-refractivity contribution in [3.05, 3.63) is 58.0 Å². The molecule has 0 atom stereocenters. The van der Waals surface area contributed by atoms with Crippen LogP contribution in [0.4, 0.5) is 11.8 Å². The molecule has 0 aliphatic carbocycles. The van der Waals surface area contributed by atoms with Crippen LogP contribution in [0.25, 0.3) is 5.70 Å². The topological polar surface area (TPSA) is 92.0 Å². The molecule has 3 heterocycles. The van der Waals surface area contributed by atoms with Crippen molar-refractivity contribution in [2.24, 2.45) is 5.73 Å². The molecule has 0 saturated carbocycles. The Kier molecular flexibility index (Phi) is 6.18. The van der Waals surface area contributed by atoms with Gasteiger partial charge in [-0.05, 0) is 35.9 Å². The van der Waals surface area contributed by atoms with Gasteiger partial charge in [0.2, 0.25) is 5.95 Å². The highest BCUT2D eigenvalue weighted by Crippen LogP contribution is 2.29. The first-order valence-corrected chi connectivity index (χ1v) is 9.76. The van der Waals surface area contributed by atoms with Gasteiger partial charge in [0.05, 0.1) is 11.4 Å². The molecule has 1 aliphatic rings. The van der Waals surface area contributed by atoms with E-state index in [1.807, 2.05) is 37.3 Å². The smallest absolute Gasteiger partial charge is 0.223 e. The Bertz CT molecular complexity index is 843. The van der Waals surface area contributed by atoms with Gasteiger partial charge in [0, 0.05) is 38.7 Å². The predicted molar refractivity (Wildman–Crippen MR) is 113 cm³/mol. The number of pyridine rings is 1. The molecule has 4 N–H and O–H groups in total. The van der Waals surface area contributed by atoms with Crippen LogP contribution in [0, 0.1) is 0 Å². The monoisotopic (exact) mass is 383 g/mol. The Hall–Kier alpha value is -2.74. The maximum Gasteiger partial charge on any atom is 0.223 e. The molecule has 7 nitrogen and oxygen atoms in total. The zero-order valence-corrected chi connectivity index (χ0v) is 16.7. The lowest BCUT2D eigenvalue weighted by Crippen LogP contribution is -2.14. The van der Waals surface area contributed by atoms with Gasteiger partial charge in [-0.25, -0.2) is 15.0 Å². The lowest BCUT2D eigenvalue weighted by molar-refractivity contribution is 0.945. The van der Waals surface area contributed by atoms with Crippen LogP contribution in [-0.4, -0.2) is 35.6 Å². The molecule has 1 aliphatic heterocycles. The van der Waals surface area contributed by atoms with E-state index in [4.69, 9.17) is 5.73 Å². The molecule has 0 radical (unpaired) electrons. The second-order valence-corrected chi connectivity index (χ2v) is 7.22. The summed E-state index contributed by atoms with van der Waals surface area (Å²) in [5, 5.41) is 9.58. The summed E-state index contributed by atoms with van der Waals surface area (Å²) >= 11 is 1.59. The number of nitrogens with zero attached hydrogens (tertiary/aromatic N) is 4. The molecule has 0 aromatic carbocycles. The molecule has 0 amide bonds. The van der Waals surface area contributed by atoms with Gasteiger partial charge in [-0.15, -0.1) is 0 Å². The van der Waals surface area contributed by atoms with E-state index < -0.39 is 0 Å². The SMILES string of the molecule is CCC1=CS/C(=C(/N)c2ccnc(NCCc3ccc(N(C)C)nc3)n2)N1. The Balaban J connectivity index is 1.59. The second kappa shape index (κ2) is 8.77. The van der Waals surface area contributed by atoms with Crippen molar-refractivity contribution < 1.29 is 0 Å². The maximum absolute atomic E-state index is 6.28. The van der Waals surface area contributed by atoms with Crippen LogP contribution in [0.5, 0.6) is 0 Å². The van der Waals surface area contributed by atoms with Gasteiger partial charge in [-0.2, -0.15) is 0 Å². The Labute approximate surface area is 164 Å². The normalized spacial score (nSPS) is 15.1. The summed E-state index contributed by atoms with van der Waals surface area (Å²) in [4.78, 5) is 15.2. The fourth-order valence-corrected chi connectivity index (χ4v) is 3.40. The fourth-order valence-electron chi connectivity index (χ4n) is 2.50. The average molecular weight is 384 g/mol. The zero-order chi connectivity index (χ0) is 19.2. The standard InChI is InChI=1S/C19H25N7S/c1-4-14-12-27-18(24-14)17(20)15-8-10-22-19(25-15)21-9-7-13-5-6-16(23-11-13)26(2)3/h5-6,8,10-12,24H,4,7,9,20H2,1-3H3,(H,21,22,25)/b18-17+. The van der Waals surface area contributed by atoms with E-state index in [-0.39, 0.29) is 0 Å². The van der Waals surface area contributed by atoms with E-state index >= 15 is 0 Å². The second-order valence-electron chi connectivity index (χ2n) is 6.34. The lowest BCUT2D eigenvalue weighted by atomic mass is 10.2. The predicted octanol–water partition coefficient (Wildman–Crippen LogP) is 2.76. The maximum atomic E-state index is 6.28. The van der Waals surface area contributed by atoms with Crippen molar-refractivity contribution in [3.8, 4) is 0 Å². The first-order chi connectivity index (χ1) is 13.1. The largest absolute Gasteiger partial charge is 0.395 e. The summed E-state index contributed by atoms with van der Waals surface area (Å²) in [5.41, 5.74) is 9.95. The minimum Gasteiger partial charge on any atom is -0.395 e. The Morgan fingerprint density at radius 1 is 1.26 bits per heavy atom. The van der Waals surface area contributed by atoms with Gasteiger partial charge in [0.25, 0.3) is 0 Å². The zero-order valence-electron chi connectivity index (χ0n) is 15.9. The van der Waals surface area contributed by atoms with E-state index in [9.17, 15) is 0 Å². The molecule has 0 spiro atoms. The van der Waals surface area contributed by atoms with Crippen molar-refractivity contribution in [2.75, 3.05) is 30.9 Å². The molecule has 8 heteroatoms. The molecule has 0 bridgehead atoms. The van der Waals surface area contributed by atoms with Gasteiger partial charge >= 0.3 is 0 Å². The van der Waals surface area contributed by atoms with Crippen LogP contribution in [0.3, 0.4) is 0 Å². The number of anilines is 2. The number of nitrogens with two attached hydrogens (primary N) is 1. The molecule has 3 rings (SSSR count). The molecule has 0 fully saturated rings. The number of thioether (sulfide) groups is 1. The number of rotatable bonds is 7. The number of allylic oxidation sites excluding steroid dienone is 1. The average Bonchev–Trinajstić information content (AvgIpc) is 3.17. The number of hydrogen-bond acceptors (Lipinski definition) is 8. The van der Waals surface area contributed by atoms with Gasteiger partial charge in [-0.1, -0.05) is 24.8 Å². The Morgan fingerprint density at radius 3 is 2.78 bits per heavy atom. The molecule has 0 saturated heterocycles. The molecule has 2 aromatic heterocycles.